The molecule has 2 unspecified atom stereocenters. The van der Waals surface area contributed by atoms with Crippen molar-refractivity contribution >= 4 is 34.8 Å². The predicted molar refractivity (Wildman–Crippen MR) is 141 cm³/mol. The molecule has 2 heterocycles. The summed E-state index contributed by atoms with van der Waals surface area (Å²) in [5.74, 6) is 1.50. The highest BCUT2D eigenvalue weighted by molar-refractivity contribution is 6.02. The summed E-state index contributed by atoms with van der Waals surface area (Å²) in [4.78, 5) is 15.6. The molecule has 0 spiro atoms. The normalized spacial score (nSPS) is 13.0. The molecule has 0 bridgehead atoms. The Morgan fingerprint density at radius 1 is 1.00 bits per heavy atom. The molecule has 5 N–H and O–H groups in total. The van der Waals surface area contributed by atoms with Crippen molar-refractivity contribution in [2.45, 2.75) is 25.9 Å². The average molecular weight is 468 g/mol. The van der Waals surface area contributed by atoms with Crippen LogP contribution in [0.1, 0.15) is 48.6 Å². The Morgan fingerprint density at radius 3 is 2.40 bits per heavy atom. The lowest BCUT2D eigenvalue weighted by Crippen LogP contribution is -2.40. The van der Waals surface area contributed by atoms with E-state index in [2.05, 4.69) is 4.98 Å². The number of ether oxygens (including phenoxy) is 1. The van der Waals surface area contributed by atoms with Crippen LogP contribution in [0.25, 0.3) is 23.1 Å². The number of hydrogen-bond donors (Lipinski definition) is 3. The van der Waals surface area contributed by atoms with Gasteiger partial charge in [0.2, 0.25) is 0 Å². The second-order valence-electron chi connectivity index (χ2n) is 8.23. The first-order chi connectivity index (χ1) is 16.9. The Kier molecular flexibility index (Phi) is 7.03. The molecule has 0 aliphatic carbocycles. The van der Waals surface area contributed by atoms with Gasteiger partial charge in [0, 0.05) is 17.6 Å². The van der Waals surface area contributed by atoms with Crippen LogP contribution in [-0.4, -0.2) is 28.0 Å². The van der Waals surface area contributed by atoms with E-state index in [1.165, 1.54) is 0 Å². The molecule has 0 fully saturated rings. The van der Waals surface area contributed by atoms with E-state index in [1.807, 2.05) is 80.6 Å². The molecule has 178 valence electrons. The van der Waals surface area contributed by atoms with Crippen molar-refractivity contribution in [3.8, 4) is 5.75 Å². The molecule has 8 heteroatoms. The number of nitrogens with one attached hydrogen (secondary N) is 1. The summed E-state index contributed by atoms with van der Waals surface area (Å²) >= 11 is 0. The van der Waals surface area contributed by atoms with E-state index in [4.69, 9.17) is 31.6 Å². The zero-order valence-corrected chi connectivity index (χ0v) is 20.0. The van der Waals surface area contributed by atoms with Crippen molar-refractivity contribution in [1.29, 1.82) is 5.41 Å². The molecule has 8 nitrogen and oxygen atoms in total. The predicted octanol–water partition coefficient (Wildman–Crippen LogP) is 4.68. The van der Waals surface area contributed by atoms with E-state index in [9.17, 15) is 0 Å². The molecule has 4 aromatic rings. The van der Waals surface area contributed by atoms with Crippen molar-refractivity contribution in [1.82, 2.24) is 15.0 Å². The zero-order chi connectivity index (χ0) is 24.9. The minimum absolute atomic E-state index is 0.139. The largest absolute Gasteiger partial charge is 0.497 e. The summed E-state index contributed by atoms with van der Waals surface area (Å²) in [6.45, 7) is 3.93. The number of benzene rings is 2. The molecule has 2 aromatic carbocycles. The first kappa shape index (κ1) is 23.8. The first-order valence-electron chi connectivity index (χ1n) is 11.3. The minimum atomic E-state index is -0.313. The van der Waals surface area contributed by atoms with Gasteiger partial charge in [0.25, 0.3) is 0 Å². The Labute approximate surface area is 204 Å². The van der Waals surface area contributed by atoms with E-state index in [-0.39, 0.29) is 18.0 Å². The summed E-state index contributed by atoms with van der Waals surface area (Å²) in [6, 6.07) is 18.7. The van der Waals surface area contributed by atoms with Gasteiger partial charge < -0.3 is 16.2 Å². The lowest BCUT2D eigenvalue weighted by Gasteiger charge is -2.31. The van der Waals surface area contributed by atoms with Crippen LogP contribution >= 0.6 is 0 Å². The topological polar surface area (TPSA) is 127 Å². The van der Waals surface area contributed by atoms with Gasteiger partial charge in [0.15, 0.2) is 11.8 Å². The van der Waals surface area contributed by atoms with Crippen LogP contribution in [0, 0.1) is 5.41 Å². The maximum atomic E-state index is 8.48. The molecule has 0 saturated heterocycles. The number of aromatic nitrogens is 3. The van der Waals surface area contributed by atoms with Crippen LogP contribution < -0.4 is 21.1 Å². The molecular weight excluding hydrogens is 438 g/mol. The Hall–Kier alpha value is -4.30. The molecule has 0 aliphatic rings. The van der Waals surface area contributed by atoms with Crippen LogP contribution in [0.3, 0.4) is 0 Å². The fourth-order valence-electron chi connectivity index (χ4n) is 4.08. The third-order valence-corrected chi connectivity index (χ3v) is 5.80. The third kappa shape index (κ3) is 5.12. The van der Waals surface area contributed by atoms with Gasteiger partial charge in [-0.05, 0) is 67.5 Å². The summed E-state index contributed by atoms with van der Waals surface area (Å²) < 4.78 is 5.45. The van der Waals surface area contributed by atoms with Gasteiger partial charge in [-0.1, -0.05) is 30.3 Å². The van der Waals surface area contributed by atoms with Crippen molar-refractivity contribution in [2.75, 3.05) is 12.0 Å². The SMILES string of the molecule is COc1ccc2nc(/C=C/c3ccccn3)nc(N(C(=N)N)C(C)c3ccccc3C(C)N)c2c1. The van der Waals surface area contributed by atoms with Gasteiger partial charge >= 0.3 is 0 Å². The minimum Gasteiger partial charge on any atom is -0.497 e. The second kappa shape index (κ2) is 10.3. The second-order valence-corrected chi connectivity index (χ2v) is 8.23. The molecule has 35 heavy (non-hydrogen) atoms. The highest BCUT2D eigenvalue weighted by Crippen LogP contribution is 2.35. The fraction of sp³-hybridized carbons (Fsp3) is 0.185. The highest BCUT2D eigenvalue weighted by atomic mass is 16.5. The molecule has 4 rings (SSSR count). The monoisotopic (exact) mass is 467 g/mol. The summed E-state index contributed by atoms with van der Waals surface area (Å²) in [5, 5.41) is 9.20. The van der Waals surface area contributed by atoms with E-state index in [0.29, 0.717) is 22.9 Å². The molecule has 0 saturated carbocycles. The fourth-order valence-corrected chi connectivity index (χ4v) is 4.08. The van der Waals surface area contributed by atoms with Crippen LogP contribution in [0.2, 0.25) is 0 Å². The number of nitrogens with zero attached hydrogens (tertiary/aromatic N) is 4. The van der Waals surface area contributed by atoms with E-state index in [1.54, 1.807) is 24.3 Å². The molecule has 2 atom stereocenters. The number of anilines is 1. The molecule has 0 radical (unpaired) electrons. The summed E-state index contributed by atoms with van der Waals surface area (Å²) in [6.07, 6.45) is 5.38. The molecular formula is C27H29N7O. The zero-order valence-electron chi connectivity index (χ0n) is 20.0. The number of pyridine rings is 1. The molecule has 0 aliphatic heterocycles. The number of rotatable bonds is 7. The van der Waals surface area contributed by atoms with Crippen LogP contribution in [0.5, 0.6) is 5.75 Å². The van der Waals surface area contributed by atoms with Gasteiger partial charge in [-0.15, -0.1) is 0 Å². The van der Waals surface area contributed by atoms with Crippen molar-refractivity contribution in [3.63, 3.8) is 0 Å². The average Bonchev–Trinajstić information content (AvgIpc) is 2.87. The van der Waals surface area contributed by atoms with E-state index in [0.717, 1.165) is 22.2 Å². The van der Waals surface area contributed by atoms with Gasteiger partial charge in [-0.2, -0.15) is 0 Å². The quantitative estimate of drug-likeness (QED) is 0.266. The van der Waals surface area contributed by atoms with Crippen LogP contribution in [0.15, 0.2) is 66.9 Å². The first-order valence-corrected chi connectivity index (χ1v) is 11.3. The molecule has 2 aromatic heterocycles. The lowest BCUT2D eigenvalue weighted by atomic mass is 9.96. The number of methoxy groups -OCH3 is 1. The lowest BCUT2D eigenvalue weighted by molar-refractivity contribution is 0.415. The third-order valence-electron chi connectivity index (χ3n) is 5.80. The Morgan fingerprint density at radius 2 is 1.74 bits per heavy atom. The van der Waals surface area contributed by atoms with Gasteiger partial charge in [-0.25, -0.2) is 9.97 Å². The van der Waals surface area contributed by atoms with Gasteiger partial charge in [-0.3, -0.25) is 15.3 Å². The number of fused-ring (bicyclic) bond motifs is 1. The Balaban J connectivity index is 1.89. The van der Waals surface area contributed by atoms with Crippen molar-refractivity contribution < 1.29 is 4.74 Å². The maximum absolute atomic E-state index is 8.48. The summed E-state index contributed by atoms with van der Waals surface area (Å²) in [7, 11) is 1.61. The number of hydrogen-bond acceptors (Lipinski definition) is 6. The maximum Gasteiger partial charge on any atom is 0.194 e. The van der Waals surface area contributed by atoms with Crippen LogP contribution in [0.4, 0.5) is 5.82 Å². The standard InChI is InChI=1S/C27H29N7O/c1-17(28)21-9-4-5-10-22(21)18(2)34(27(29)30)26-23-16-20(35-3)12-13-24(23)32-25(33-26)14-11-19-8-6-7-15-31-19/h4-18H,28H2,1-3H3,(H3,29,30)/b14-11+. The van der Waals surface area contributed by atoms with Crippen molar-refractivity contribution in [2.24, 2.45) is 11.5 Å². The highest BCUT2D eigenvalue weighted by Gasteiger charge is 2.26. The van der Waals surface area contributed by atoms with E-state index < -0.39 is 0 Å². The summed E-state index contributed by atoms with van der Waals surface area (Å²) in [5.41, 5.74) is 15.9. The van der Waals surface area contributed by atoms with Gasteiger partial charge in [0.1, 0.15) is 11.6 Å². The number of nitrogens with two attached hydrogens (primary N) is 2. The van der Waals surface area contributed by atoms with Crippen molar-refractivity contribution in [3.05, 3.63) is 89.5 Å². The molecule has 0 amide bonds. The smallest absolute Gasteiger partial charge is 0.194 e. The van der Waals surface area contributed by atoms with Crippen LogP contribution in [-0.2, 0) is 0 Å². The number of guanidine groups is 1. The van der Waals surface area contributed by atoms with Gasteiger partial charge in [0.05, 0.1) is 24.4 Å². The van der Waals surface area contributed by atoms with E-state index >= 15 is 0 Å². The Bertz CT molecular complexity index is 1370.